The van der Waals surface area contributed by atoms with E-state index in [0.717, 1.165) is 0 Å². The molecule has 0 aliphatic heterocycles. The van der Waals surface area contributed by atoms with Crippen LogP contribution in [0.3, 0.4) is 0 Å². The maximum Gasteiger partial charge on any atom is 0.273 e. The summed E-state index contributed by atoms with van der Waals surface area (Å²) in [5.74, 6) is -0.101. The Balaban J connectivity index is 2.10. The van der Waals surface area contributed by atoms with E-state index < -0.39 is 0 Å². The molecule has 0 fully saturated rings. The number of aromatic amines is 1. The van der Waals surface area contributed by atoms with Crippen molar-refractivity contribution in [2.45, 2.75) is 6.92 Å². The molecule has 1 aromatic heterocycles. The molecule has 92 valence electrons. The molecule has 0 atom stereocenters. The number of nitrogens with one attached hydrogen (secondary N) is 2. The first-order valence-electron chi connectivity index (χ1n) is 5.29. The van der Waals surface area contributed by atoms with Gasteiger partial charge < -0.3 is 11.1 Å². The smallest absolute Gasteiger partial charge is 0.273 e. The molecule has 1 heterocycles. The minimum absolute atomic E-state index is 0.0192. The monoisotopic (exact) mass is 244 g/mol. The quantitative estimate of drug-likeness (QED) is 0.711. The Hall–Kier alpha value is -2.63. The first-order valence-corrected chi connectivity index (χ1v) is 5.29. The molecule has 0 radical (unpaired) electrons. The number of benzene rings is 1. The summed E-state index contributed by atoms with van der Waals surface area (Å²) < 4.78 is 0. The SMILES string of the molecule is CC(=O)c1ccc(NC(=O)c2cc(N)n[nH]2)cc1. The topological polar surface area (TPSA) is 101 Å². The first kappa shape index (κ1) is 11.8. The number of nitrogens with two attached hydrogens (primary N) is 1. The summed E-state index contributed by atoms with van der Waals surface area (Å²) in [6.45, 7) is 1.49. The standard InChI is InChI=1S/C12H12N4O2/c1-7(17)8-2-4-9(5-3-8)14-12(18)10-6-11(13)16-15-10/h2-6H,1H3,(H,14,18)(H3,13,15,16). The highest BCUT2D eigenvalue weighted by molar-refractivity contribution is 6.03. The van der Waals surface area contributed by atoms with Gasteiger partial charge in [0.05, 0.1) is 0 Å². The van der Waals surface area contributed by atoms with Gasteiger partial charge in [0.2, 0.25) is 0 Å². The molecule has 0 bridgehead atoms. The second-order valence-corrected chi connectivity index (χ2v) is 3.79. The Morgan fingerprint density at radius 1 is 1.28 bits per heavy atom. The van der Waals surface area contributed by atoms with Crippen molar-refractivity contribution in [1.29, 1.82) is 0 Å². The summed E-state index contributed by atoms with van der Waals surface area (Å²) in [6, 6.07) is 8.07. The zero-order chi connectivity index (χ0) is 13.1. The van der Waals surface area contributed by atoms with Gasteiger partial charge in [0.1, 0.15) is 11.5 Å². The van der Waals surface area contributed by atoms with Crippen LogP contribution in [0.2, 0.25) is 0 Å². The van der Waals surface area contributed by atoms with E-state index in [1.165, 1.54) is 13.0 Å². The van der Waals surface area contributed by atoms with Gasteiger partial charge >= 0.3 is 0 Å². The second-order valence-electron chi connectivity index (χ2n) is 3.79. The van der Waals surface area contributed by atoms with E-state index in [1.807, 2.05) is 0 Å². The summed E-state index contributed by atoms with van der Waals surface area (Å²) in [7, 11) is 0. The summed E-state index contributed by atoms with van der Waals surface area (Å²) in [5.41, 5.74) is 6.88. The molecule has 1 amide bonds. The van der Waals surface area contributed by atoms with Crippen LogP contribution in [0.4, 0.5) is 11.5 Å². The molecule has 0 saturated carbocycles. The number of hydrogen-bond donors (Lipinski definition) is 3. The lowest BCUT2D eigenvalue weighted by atomic mass is 10.1. The molecule has 0 unspecified atom stereocenters. The third-order valence-electron chi connectivity index (χ3n) is 2.39. The van der Waals surface area contributed by atoms with Crippen molar-refractivity contribution in [3.63, 3.8) is 0 Å². The van der Waals surface area contributed by atoms with Gasteiger partial charge in [-0.1, -0.05) is 0 Å². The molecule has 0 spiro atoms. The number of nitrogens with zero attached hydrogens (tertiary/aromatic N) is 1. The average Bonchev–Trinajstić information content (AvgIpc) is 2.76. The van der Waals surface area contributed by atoms with Gasteiger partial charge in [-0.2, -0.15) is 5.10 Å². The van der Waals surface area contributed by atoms with Gasteiger partial charge in [-0.3, -0.25) is 14.7 Å². The van der Waals surface area contributed by atoms with Crippen LogP contribution in [0, 0.1) is 0 Å². The van der Waals surface area contributed by atoms with Gasteiger partial charge in [0, 0.05) is 17.3 Å². The largest absolute Gasteiger partial charge is 0.382 e. The molecule has 0 aliphatic rings. The maximum absolute atomic E-state index is 11.7. The Morgan fingerprint density at radius 3 is 2.44 bits per heavy atom. The molecule has 18 heavy (non-hydrogen) atoms. The first-order chi connectivity index (χ1) is 8.56. The van der Waals surface area contributed by atoms with Gasteiger partial charge in [-0.05, 0) is 31.2 Å². The lowest BCUT2D eigenvalue weighted by molar-refractivity contribution is 0.101. The predicted octanol–water partition coefficient (Wildman–Crippen LogP) is 1.45. The number of amides is 1. The van der Waals surface area contributed by atoms with Crippen LogP contribution < -0.4 is 11.1 Å². The van der Waals surface area contributed by atoms with Crippen LogP contribution in [0.5, 0.6) is 0 Å². The third-order valence-corrected chi connectivity index (χ3v) is 2.39. The van der Waals surface area contributed by atoms with Crippen molar-refractivity contribution >= 4 is 23.2 Å². The van der Waals surface area contributed by atoms with E-state index in [0.29, 0.717) is 11.3 Å². The van der Waals surface area contributed by atoms with Gasteiger partial charge in [0.15, 0.2) is 5.78 Å². The van der Waals surface area contributed by atoms with Crippen molar-refractivity contribution in [2.24, 2.45) is 0 Å². The Kier molecular flexibility index (Phi) is 3.09. The highest BCUT2D eigenvalue weighted by Gasteiger charge is 2.09. The second kappa shape index (κ2) is 4.70. The molecular formula is C12H12N4O2. The summed E-state index contributed by atoms with van der Waals surface area (Å²) in [4.78, 5) is 22.8. The number of hydrogen-bond acceptors (Lipinski definition) is 4. The summed E-state index contributed by atoms with van der Waals surface area (Å²) in [5, 5.41) is 8.84. The molecule has 1 aromatic carbocycles. The molecule has 0 aliphatic carbocycles. The van der Waals surface area contributed by atoms with Crippen LogP contribution in [0.15, 0.2) is 30.3 Å². The van der Waals surface area contributed by atoms with Crippen molar-refractivity contribution in [3.8, 4) is 0 Å². The molecule has 6 heteroatoms. The number of Topliss-reactive ketones (excluding diaryl/α,β-unsaturated/α-hetero) is 1. The zero-order valence-corrected chi connectivity index (χ0v) is 9.73. The minimum atomic E-state index is -0.338. The van der Waals surface area contributed by atoms with E-state index in [9.17, 15) is 9.59 Å². The van der Waals surface area contributed by atoms with Gasteiger partial charge in [-0.15, -0.1) is 0 Å². The number of nitrogen functional groups attached to an aromatic ring is 1. The van der Waals surface area contributed by atoms with Crippen LogP contribution in [-0.2, 0) is 0 Å². The number of ketones is 1. The van der Waals surface area contributed by atoms with Crippen LogP contribution in [0.25, 0.3) is 0 Å². The Bertz CT molecular complexity index is 586. The van der Waals surface area contributed by atoms with E-state index in [-0.39, 0.29) is 23.2 Å². The highest BCUT2D eigenvalue weighted by Crippen LogP contribution is 2.11. The molecule has 2 aromatic rings. The predicted molar refractivity (Wildman–Crippen MR) is 67.4 cm³/mol. The fourth-order valence-electron chi connectivity index (χ4n) is 1.44. The van der Waals surface area contributed by atoms with Crippen molar-refractivity contribution in [1.82, 2.24) is 10.2 Å². The normalized spacial score (nSPS) is 10.1. The number of carbonyl (C=O) groups is 2. The van der Waals surface area contributed by atoms with Gasteiger partial charge in [-0.25, -0.2) is 0 Å². The fraction of sp³-hybridized carbons (Fsp3) is 0.0833. The molecule has 6 nitrogen and oxygen atoms in total. The van der Waals surface area contributed by atoms with E-state index in [2.05, 4.69) is 15.5 Å². The highest BCUT2D eigenvalue weighted by atomic mass is 16.2. The van der Waals surface area contributed by atoms with Crippen molar-refractivity contribution in [3.05, 3.63) is 41.6 Å². The van der Waals surface area contributed by atoms with E-state index >= 15 is 0 Å². The van der Waals surface area contributed by atoms with Crippen molar-refractivity contribution < 1.29 is 9.59 Å². The maximum atomic E-state index is 11.7. The zero-order valence-electron chi connectivity index (χ0n) is 9.73. The number of H-pyrrole nitrogens is 1. The number of rotatable bonds is 3. The summed E-state index contributed by atoms with van der Waals surface area (Å²) in [6.07, 6.45) is 0. The lowest BCUT2D eigenvalue weighted by Gasteiger charge is -2.03. The number of aromatic nitrogens is 2. The molecular weight excluding hydrogens is 232 g/mol. The Morgan fingerprint density at radius 2 is 1.94 bits per heavy atom. The fourth-order valence-corrected chi connectivity index (χ4v) is 1.44. The average molecular weight is 244 g/mol. The number of anilines is 2. The van der Waals surface area contributed by atoms with Crippen LogP contribution in [-0.4, -0.2) is 21.9 Å². The molecule has 2 rings (SSSR count). The van der Waals surface area contributed by atoms with E-state index in [4.69, 9.17) is 5.73 Å². The third kappa shape index (κ3) is 2.54. The minimum Gasteiger partial charge on any atom is -0.382 e. The van der Waals surface area contributed by atoms with Gasteiger partial charge in [0.25, 0.3) is 5.91 Å². The number of carbonyl (C=O) groups excluding carboxylic acids is 2. The lowest BCUT2D eigenvalue weighted by Crippen LogP contribution is -2.12. The Labute approximate surface area is 103 Å². The van der Waals surface area contributed by atoms with Crippen molar-refractivity contribution in [2.75, 3.05) is 11.1 Å². The molecule has 4 N–H and O–H groups in total. The summed E-state index contributed by atoms with van der Waals surface area (Å²) >= 11 is 0. The van der Waals surface area contributed by atoms with Crippen LogP contribution >= 0.6 is 0 Å². The van der Waals surface area contributed by atoms with E-state index in [1.54, 1.807) is 24.3 Å². The molecule has 0 saturated heterocycles. The van der Waals surface area contributed by atoms with Crippen LogP contribution in [0.1, 0.15) is 27.8 Å².